The second-order valence-electron chi connectivity index (χ2n) is 4.08. The molecular formula is C15H16O4S. The number of benzene rings is 1. The van der Waals surface area contributed by atoms with Gasteiger partial charge in [-0.2, -0.15) is 0 Å². The van der Waals surface area contributed by atoms with E-state index in [0.29, 0.717) is 24.7 Å². The van der Waals surface area contributed by atoms with Crippen LogP contribution >= 0.6 is 11.3 Å². The first kappa shape index (κ1) is 14.4. The summed E-state index contributed by atoms with van der Waals surface area (Å²) < 4.78 is 11.1. The first-order valence-corrected chi connectivity index (χ1v) is 7.24. The van der Waals surface area contributed by atoms with Crippen molar-refractivity contribution in [3.05, 3.63) is 46.2 Å². The number of aromatic carboxylic acids is 1. The van der Waals surface area contributed by atoms with Gasteiger partial charge in [0.1, 0.15) is 0 Å². The SMILES string of the molecule is CCOc1cc(C(=O)O)ccc1OCCc1cccs1. The average Bonchev–Trinajstić information content (AvgIpc) is 2.93. The van der Waals surface area contributed by atoms with E-state index in [1.54, 1.807) is 17.4 Å². The third kappa shape index (κ3) is 3.74. The van der Waals surface area contributed by atoms with Crippen LogP contribution < -0.4 is 9.47 Å². The number of carbonyl (C=O) groups is 1. The van der Waals surface area contributed by atoms with Crippen LogP contribution in [-0.4, -0.2) is 24.3 Å². The molecule has 0 saturated carbocycles. The van der Waals surface area contributed by atoms with Crippen LogP contribution in [0.2, 0.25) is 0 Å². The lowest BCUT2D eigenvalue weighted by Gasteiger charge is -2.12. The van der Waals surface area contributed by atoms with Crippen LogP contribution in [0.25, 0.3) is 0 Å². The molecule has 0 aliphatic heterocycles. The summed E-state index contributed by atoms with van der Waals surface area (Å²) in [6.07, 6.45) is 0.823. The second-order valence-corrected chi connectivity index (χ2v) is 5.11. The molecule has 20 heavy (non-hydrogen) atoms. The molecule has 1 aromatic heterocycles. The summed E-state index contributed by atoms with van der Waals surface area (Å²) in [5.74, 6) is 0.0723. The lowest BCUT2D eigenvalue weighted by Crippen LogP contribution is -2.04. The van der Waals surface area contributed by atoms with Crippen molar-refractivity contribution >= 4 is 17.3 Å². The highest BCUT2D eigenvalue weighted by molar-refractivity contribution is 7.09. The predicted octanol–water partition coefficient (Wildman–Crippen LogP) is 3.47. The van der Waals surface area contributed by atoms with Gasteiger partial charge in [0.25, 0.3) is 0 Å². The molecule has 0 atom stereocenters. The maximum atomic E-state index is 10.9. The fourth-order valence-corrected chi connectivity index (χ4v) is 2.44. The molecule has 0 unspecified atom stereocenters. The lowest BCUT2D eigenvalue weighted by molar-refractivity contribution is 0.0696. The zero-order chi connectivity index (χ0) is 14.4. The van der Waals surface area contributed by atoms with E-state index in [9.17, 15) is 4.79 Å². The highest BCUT2D eigenvalue weighted by atomic mass is 32.1. The lowest BCUT2D eigenvalue weighted by atomic mass is 10.2. The minimum atomic E-state index is -0.976. The van der Waals surface area contributed by atoms with Gasteiger partial charge in [0, 0.05) is 11.3 Å². The predicted molar refractivity (Wildman–Crippen MR) is 78.1 cm³/mol. The van der Waals surface area contributed by atoms with Crippen molar-refractivity contribution in [1.29, 1.82) is 0 Å². The average molecular weight is 292 g/mol. The van der Waals surface area contributed by atoms with Crippen LogP contribution in [0.5, 0.6) is 11.5 Å². The molecule has 0 aliphatic carbocycles. The van der Waals surface area contributed by atoms with E-state index < -0.39 is 5.97 Å². The number of thiophene rings is 1. The standard InChI is InChI=1S/C15H16O4S/c1-2-18-14-10-11(15(16)17)5-6-13(14)19-8-7-12-4-3-9-20-12/h3-6,9-10H,2,7-8H2,1H3,(H,16,17). The van der Waals surface area contributed by atoms with E-state index in [1.165, 1.54) is 17.0 Å². The van der Waals surface area contributed by atoms with Crippen molar-refractivity contribution in [3.63, 3.8) is 0 Å². The molecule has 106 valence electrons. The van der Waals surface area contributed by atoms with E-state index in [2.05, 4.69) is 6.07 Å². The van der Waals surface area contributed by atoms with E-state index in [1.807, 2.05) is 18.4 Å². The zero-order valence-corrected chi connectivity index (χ0v) is 12.0. The monoisotopic (exact) mass is 292 g/mol. The van der Waals surface area contributed by atoms with Crippen molar-refractivity contribution < 1.29 is 19.4 Å². The third-order valence-corrected chi connectivity index (χ3v) is 3.61. The normalized spacial score (nSPS) is 10.2. The van der Waals surface area contributed by atoms with Crippen molar-refractivity contribution in [1.82, 2.24) is 0 Å². The van der Waals surface area contributed by atoms with Crippen LogP contribution in [0, 0.1) is 0 Å². The Balaban J connectivity index is 2.03. The maximum absolute atomic E-state index is 10.9. The minimum Gasteiger partial charge on any atom is -0.490 e. The molecule has 1 N–H and O–H groups in total. The summed E-state index contributed by atoms with van der Waals surface area (Å²) in [5, 5.41) is 11.0. The van der Waals surface area contributed by atoms with Gasteiger partial charge in [-0.25, -0.2) is 4.79 Å². The maximum Gasteiger partial charge on any atom is 0.335 e. The van der Waals surface area contributed by atoms with Gasteiger partial charge in [-0.05, 0) is 36.6 Å². The molecule has 1 aromatic carbocycles. The number of ether oxygens (including phenoxy) is 2. The molecule has 0 radical (unpaired) electrons. The molecule has 0 bridgehead atoms. The second kappa shape index (κ2) is 6.96. The zero-order valence-electron chi connectivity index (χ0n) is 11.2. The Morgan fingerprint density at radius 3 is 2.75 bits per heavy atom. The summed E-state index contributed by atoms with van der Waals surface area (Å²) in [6, 6.07) is 8.72. The Labute approximate surface area is 121 Å². The Hall–Kier alpha value is -2.01. The van der Waals surface area contributed by atoms with Gasteiger partial charge in [-0.1, -0.05) is 6.07 Å². The Morgan fingerprint density at radius 2 is 2.10 bits per heavy atom. The van der Waals surface area contributed by atoms with E-state index in [4.69, 9.17) is 14.6 Å². The molecule has 0 amide bonds. The Morgan fingerprint density at radius 1 is 1.25 bits per heavy atom. The Kier molecular flexibility index (Phi) is 5.01. The van der Waals surface area contributed by atoms with Gasteiger partial charge in [-0.15, -0.1) is 11.3 Å². The summed E-state index contributed by atoms with van der Waals surface area (Å²) >= 11 is 1.69. The van der Waals surface area contributed by atoms with Crippen LogP contribution in [0.1, 0.15) is 22.2 Å². The molecular weight excluding hydrogens is 276 g/mol. The third-order valence-electron chi connectivity index (χ3n) is 2.68. The summed E-state index contributed by atoms with van der Waals surface area (Å²) in [4.78, 5) is 12.2. The van der Waals surface area contributed by atoms with Crippen molar-refractivity contribution in [2.45, 2.75) is 13.3 Å². The summed E-state index contributed by atoms with van der Waals surface area (Å²) in [7, 11) is 0. The quantitative estimate of drug-likeness (QED) is 0.849. The largest absolute Gasteiger partial charge is 0.490 e. The van der Waals surface area contributed by atoms with Crippen LogP contribution in [-0.2, 0) is 6.42 Å². The van der Waals surface area contributed by atoms with Crippen LogP contribution in [0.4, 0.5) is 0 Å². The number of hydrogen-bond acceptors (Lipinski definition) is 4. The summed E-state index contributed by atoms with van der Waals surface area (Å²) in [6.45, 7) is 2.85. The van der Waals surface area contributed by atoms with Crippen molar-refractivity contribution in [2.75, 3.05) is 13.2 Å². The Bertz CT molecular complexity index is 563. The highest BCUT2D eigenvalue weighted by Gasteiger charge is 2.10. The number of carboxylic acids is 1. The molecule has 0 spiro atoms. The van der Waals surface area contributed by atoms with E-state index in [0.717, 1.165) is 6.42 Å². The fourth-order valence-electron chi connectivity index (χ4n) is 1.75. The van der Waals surface area contributed by atoms with Gasteiger partial charge >= 0.3 is 5.97 Å². The highest BCUT2D eigenvalue weighted by Crippen LogP contribution is 2.28. The molecule has 0 fully saturated rings. The van der Waals surface area contributed by atoms with E-state index in [-0.39, 0.29) is 5.56 Å². The number of rotatable bonds is 7. The molecule has 2 rings (SSSR count). The molecule has 4 nitrogen and oxygen atoms in total. The first-order chi connectivity index (χ1) is 9.70. The molecule has 0 saturated heterocycles. The van der Waals surface area contributed by atoms with Gasteiger partial charge in [0.05, 0.1) is 18.8 Å². The molecule has 0 aliphatic rings. The fraction of sp³-hybridized carbons (Fsp3) is 0.267. The summed E-state index contributed by atoms with van der Waals surface area (Å²) in [5.41, 5.74) is 0.194. The molecule has 5 heteroatoms. The van der Waals surface area contributed by atoms with Gasteiger partial charge in [-0.3, -0.25) is 0 Å². The van der Waals surface area contributed by atoms with Crippen molar-refractivity contribution in [2.24, 2.45) is 0 Å². The van der Waals surface area contributed by atoms with Crippen LogP contribution in [0.3, 0.4) is 0 Å². The minimum absolute atomic E-state index is 0.194. The number of hydrogen-bond donors (Lipinski definition) is 1. The number of carboxylic acid groups (broad SMARTS) is 1. The van der Waals surface area contributed by atoms with E-state index >= 15 is 0 Å². The van der Waals surface area contributed by atoms with Gasteiger partial charge < -0.3 is 14.6 Å². The van der Waals surface area contributed by atoms with Gasteiger partial charge in [0.2, 0.25) is 0 Å². The molecule has 2 aromatic rings. The van der Waals surface area contributed by atoms with Gasteiger partial charge in [0.15, 0.2) is 11.5 Å². The van der Waals surface area contributed by atoms with Crippen molar-refractivity contribution in [3.8, 4) is 11.5 Å². The smallest absolute Gasteiger partial charge is 0.335 e. The topological polar surface area (TPSA) is 55.8 Å². The van der Waals surface area contributed by atoms with Crippen LogP contribution in [0.15, 0.2) is 35.7 Å². The molecule has 1 heterocycles. The first-order valence-electron chi connectivity index (χ1n) is 6.36.